The first-order valence-corrected chi connectivity index (χ1v) is 10.4. The van der Waals surface area contributed by atoms with Crippen LogP contribution in [0.3, 0.4) is 0 Å². The Bertz CT molecular complexity index is 780. The zero-order valence-electron chi connectivity index (χ0n) is 17.4. The number of benzene rings is 2. The van der Waals surface area contributed by atoms with Gasteiger partial charge in [0, 0.05) is 39.1 Å². The minimum Gasteiger partial charge on any atom is -0.396 e. The lowest BCUT2D eigenvalue weighted by Crippen LogP contribution is -2.47. The third-order valence-electron chi connectivity index (χ3n) is 5.43. The Balaban J connectivity index is 1.61. The molecule has 1 saturated heterocycles. The molecule has 3 rings (SSSR count). The van der Waals surface area contributed by atoms with E-state index in [-0.39, 0.29) is 24.4 Å². The molecule has 0 aromatic heterocycles. The molecule has 2 aromatic carbocycles. The highest BCUT2D eigenvalue weighted by molar-refractivity contribution is 5.79. The maximum Gasteiger partial charge on any atom is 0.191 e. The number of guanidine groups is 1. The molecule has 0 saturated carbocycles. The van der Waals surface area contributed by atoms with Gasteiger partial charge in [-0.25, -0.2) is 4.39 Å². The monoisotopic (exact) mass is 414 g/mol. The van der Waals surface area contributed by atoms with Gasteiger partial charge in [-0.15, -0.1) is 0 Å². The largest absolute Gasteiger partial charge is 0.396 e. The summed E-state index contributed by atoms with van der Waals surface area (Å²) in [5.74, 6) is 0.419. The first-order chi connectivity index (χ1) is 14.7. The van der Waals surface area contributed by atoms with E-state index in [1.807, 2.05) is 42.5 Å². The number of morpholine rings is 1. The summed E-state index contributed by atoms with van der Waals surface area (Å²) in [5, 5.41) is 16.5. The molecule has 2 unspecified atom stereocenters. The smallest absolute Gasteiger partial charge is 0.191 e. The molecule has 162 valence electrons. The molecule has 0 aliphatic carbocycles. The molecule has 2 aromatic rings. The maximum atomic E-state index is 13.4. The van der Waals surface area contributed by atoms with Gasteiger partial charge in [-0.3, -0.25) is 9.89 Å². The summed E-state index contributed by atoms with van der Waals surface area (Å²) in [4.78, 5) is 6.67. The highest BCUT2D eigenvalue weighted by Gasteiger charge is 2.23. The Labute approximate surface area is 177 Å². The summed E-state index contributed by atoms with van der Waals surface area (Å²) in [5.41, 5.74) is 2.14. The number of nitrogens with one attached hydrogen (secondary N) is 2. The molecule has 0 radical (unpaired) electrons. The van der Waals surface area contributed by atoms with E-state index >= 15 is 0 Å². The van der Waals surface area contributed by atoms with Gasteiger partial charge in [-0.05, 0) is 23.3 Å². The predicted molar refractivity (Wildman–Crippen MR) is 117 cm³/mol. The fraction of sp³-hybridized carbons (Fsp3) is 0.435. The van der Waals surface area contributed by atoms with Crippen molar-refractivity contribution in [2.45, 2.75) is 12.0 Å². The van der Waals surface area contributed by atoms with Crippen LogP contribution in [0.5, 0.6) is 0 Å². The number of hydrogen-bond donors (Lipinski definition) is 3. The zero-order valence-corrected chi connectivity index (χ0v) is 17.4. The number of hydrogen-bond acceptors (Lipinski definition) is 4. The van der Waals surface area contributed by atoms with Crippen LogP contribution >= 0.6 is 0 Å². The average Bonchev–Trinajstić information content (AvgIpc) is 2.80. The molecule has 1 aliphatic rings. The minimum atomic E-state index is -0.235. The van der Waals surface area contributed by atoms with Crippen LogP contribution in [0.2, 0.25) is 0 Å². The van der Waals surface area contributed by atoms with Crippen LogP contribution in [0.1, 0.15) is 23.1 Å². The van der Waals surface area contributed by atoms with Crippen molar-refractivity contribution in [2.75, 3.05) is 53.0 Å². The van der Waals surface area contributed by atoms with E-state index in [1.54, 1.807) is 7.05 Å². The van der Waals surface area contributed by atoms with Crippen molar-refractivity contribution in [1.82, 2.24) is 15.5 Å². The number of rotatable bonds is 8. The van der Waals surface area contributed by atoms with Gasteiger partial charge in [-0.2, -0.15) is 0 Å². The Morgan fingerprint density at radius 2 is 1.70 bits per heavy atom. The molecule has 3 N–H and O–H groups in total. The summed E-state index contributed by atoms with van der Waals surface area (Å²) in [7, 11) is 1.73. The van der Waals surface area contributed by atoms with Crippen LogP contribution in [0, 0.1) is 5.82 Å². The van der Waals surface area contributed by atoms with E-state index < -0.39 is 0 Å². The molecular formula is C23H31FN4O2. The molecule has 1 aliphatic heterocycles. The fourth-order valence-electron chi connectivity index (χ4n) is 3.68. The number of aliphatic hydroxyl groups excluding tert-OH is 1. The van der Waals surface area contributed by atoms with Gasteiger partial charge in [0.05, 0.1) is 25.9 Å². The van der Waals surface area contributed by atoms with Crippen LogP contribution < -0.4 is 10.6 Å². The molecule has 1 fully saturated rings. The van der Waals surface area contributed by atoms with Crippen molar-refractivity contribution in [3.63, 3.8) is 0 Å². The van der Waals surface area contributed by atoms with Crippen LogP contribution in [0.25, 0.3) is 0 Å². The summed E-state index contributed by atoms with van der Waals surface area (Å²) < 4.78 is 18.9. The van der Waals surface area contributed by atoms with Crippen molar-refractivity contribution < 1.29 is 14.2 Å². The second-order valence-corrected chi connectivity index (χ2v) is 7.34. The lowest BCUT2D eigenvalue weighted by molar-refractivity contribution is 0.0170. The van der Waals surface area contributed by atoms with Crippen LogP contribution in [-0.2, 0) is 4.74 Å². The van der Waals surface area contributed by atoms with E-state index in [2.05, 4.69) is 20.5 Å². The van der Waals surface area contributed by atoms with E-state index in [1.165, 1.54) is 12.1 Å². The quantitative estimate of drug-likeness (QED) is 0.456. The predicted octanol–water partition coefficient (Wildman–Crippen LogP) is 2.14. The summed E-state index contributed by atoms with van der Waals surface area (Å²) in [6.07, 6.45) is 0. The second-order valence-electron chi connectivity index (χ2n) is 7.34. The molecule has 30 heavy (non-hydrogen) atoms. The molecule has 0 amide bonds. The number of ether oxygens (including phenoxy) is 1. The SMILES string of the molecule is CN=C(NCC(CO)c1ccccc1)NCC(c1ccc(F)cc1)N1CCOCC1. The normalized spacial score (nSPS) is 17.4. The van der Waals surface area contributed by atoms with Gasteiger partial charge in [0.2, 0.25) is 0 Å². The van der Waals surface area contributed by atoms with Gasteiger partial charge < -0.3 is 20.5 Å². The number of nitrogens with zero attached hydrogens (tertiary/aromatic N) is 2. The van der Waals surface area contributed by atoms with Gasteiger partial charge in [-0.1, -0.05) is 42.5 Å². The topological polar surface area (TPSA) is 69.1 Å². The molecule has 0 bridgehead atoms. The lowest BCUT2D eigenvalue weighted by atomic mass is 10.0. The molecular weight excluding hydrogens is 383 g/mol. The molecule has 7 heteroatoms. The van der Waals surface area contributed by atoms with Gasteiger partial charge in [0.25, 0.3) is 0 Å². The van der Waals surface area contributed by atoms with Crippen molar-refractivity contribution in [3.8, 4) is 0 Å². The third-order valence-corrected chi connectivity index (χ3v) is 5.43. The second kappa shape index (κ2) is 11.6. The fourth-order valence-corrected chi connectivity index (χ4v) is 3.68. The zero-order chi connectivity index (χ0) is 21.2. The van der Waals surface area contributed by atoms with Crippen molar-refractivity contribution in [1.29, 1.82) is 0 Å². The Kier molecular flexibility index (Phi) is 8.62. The van der Waals surface area contributed by atoms with E-state index in [4.69, 9.17) is 4.74 Å². The van der Waals surface area contributed by atoms with Crippen LogP contribution in [-0.4, -0.2) is 69.0 Å². The van der Waals surface area contributed by atoms with Crippen molar-refractivity contribution in [3.05, 3.63) is 71.5 Å². The van der Waals surface area contributed by atoms with E-state index in [9.17, 15) is 9.50 Å². The molecule has 2 atom stereocenters. The van der Waals surface area contributed by atoms with Crippen molar-refractivity contribution >= 4 is 5.96 Å². The highest BCUT2D eigenvalue weighted by atomic mass is 19.1. The lowest BCUT2D eigenvalue weighted by Gasteiger charge is -2.35. The van der Waals surface area contributed by atoms with Crippen molar-refractivity contribution in [2.24, 2.45) is 4.99 Å². The average molecular weight is 415 g/mol. The van der Waals surface area contributed by atoms with E-state index in [0.29, 0.717) is 32.3 Å². The summed E-state index contributed by atoms with van der Waals surface area (Å²) >= 11 is 0. The van der Waals surface area contributed by atoms with Gasteiger partial charge in [0.15, 0.2) is 5.96 Å². The van der Waals surface area contributed by atoms with E-state index in [0.717, 1.165) is 24.2 Å². The Morgan fingerprint density at radius 1 is 1.03 bits per heavy atom. The first-order valence-electron chi connectivity index (χ1n) is 10.4. The number of aliphatic hydroxyl groups is 1. The number of aliphatic imine (C=N–C) groups is 1. The number of halogens is 1. The Morgan fingerprint density at radius 3 is 2.33 bits per heavy atom. The highest BCUT2D eigenvalue weighted by Crippen LogP contribution is 2.21. The standard InChI is InChI=1S/C23H31FN4O2/c1-25-23(26-15-20(17-29)18-5-3-2-4-6-18)27-16-22(28-11-13-30-14-12-28)19-7-9-21(24)10-8-19/h2-10,20,22,29H,11-17H2,1H3,(H2,25,26,27). The first kappa shape index (κ1) is 22.2. The summed E-state index contributed by atoms with van der Waals surface area (Å²) in [6.45, 7) is 4.30. The van der Waals surface area contributed by atoms with Gasteiger partial charge >= 0.3 is 0 Å². The third kappa shape index (κ3) is 6.26. The Hall–Kier alpha value is -2.48. The van der Waals surface area contributed by atoms with Gasteiger partial charge in [0.1, 0.15) is 5.82 Å². The van der Waals surface area contributed by atoms with Crippen LogP contribution in [0.4, 0.5) is 4.39 Å². The molecule has 0 spiro atoms. The molecule has 6 nitrogen and oxygen atoms in total. The minimum absolute atomic E-state index is 0.0168. The maximum absolute atomic E-state index is 13.4. The van der Waals surface area contributed by atoms with Crippen LogP contribution in [0.15, 0.2) is 59.6 Å². The summed E-state index contributed by atoms with van der Waals surface area (Å²) in [6, 6.07) is 16.7. The molecule has 1 heterocycles.